The van der Waals surface area contributed by atoms with Crippen molar-refractivity contribution in [2.75, 3.05) is 9.80 Å². The van der Waals surface area contributed by atoms with E-state index in [1.165, 1.54) is 39.1 Å². The van der Waals surface area contributed by atoms with Crippen LogP contribution in [0, 0.1) is 13.8 Å². The number of fused-ring (bicyclic) bond motifs is 5. The summed E-state index contributed by atoms with van der Waals surface area (Å²) < 4.78 is 6.35. The third-order valence-electron chi connectivity index (χ3n) is 6.47. The zero-order chi connectivity index (χ0) is 21.1. The zero-order valence-electron chi connectivity index (χ0n) is 18.0. The van der Waals surface area contributed by atoms with Gasteiger partial charge in [-0.15, -0.1) is 0 Å². The highest BCUT2D eigenvalue weighted by Crippen LogP contribution is 2.53. The van der Waals surface area contributed by atoms with Crippen LogP contribution >= 0.6 is 0 Å². The predicted molar refractivity (Wildman–Crippen MR) is 130 cm³/mol. The van der Waals surface area contributed by atoms with E-state index in [2.05, 4.69) is 116 Å². The highest BCUT2D eigenvalue weighted by molar-refractivity contribution is 6.17. The van der Waals surface area contributed by atoms with Gasteiger partial charge in [0.25, 0.3) is 0 Å². The van der Waals surface area contributed by atoms with Gasteiger partial charge in [-0.1, -0.05) is 54.6 Å². The second-order valence-electron chi connectivity index (χ2n) is 8.35. The van der Waals surface area contributed by atoms with E-state index >= 15 is 0 Å². The van der Waals surface area contributed by atoms with Gasteiger partial charge in [0.1, 0.15) is 17.3 Å². The smallest absolute Gasteiger partial charge is 0.138 e. The standard InChI is InChI=1S/C28H24N2O/c1-18-10-7-8-15-23(18)30-20(3)29(21-12-5-4-6-13-21)27-24(30)16-17-25-26(27)22-14-9-11-19(2)28(22)31-25/h4-17,20H,1-3H3/t20-/m0/s1. The predicted octanol–water partition coefficient (Wildman–Crippen LogP) is 7.84. The van der Waals surface area contributed by atoms with Crippen LogP contribution in [0.4, 0.5) is 22.7 Å². The quantitative estimate of drug-likeness (QED) is 0.299. The zero-order valence-corrected chi connectivity index (χ0v) is 18.0. The molecular formula is C28H24N2O. The van der Waals surface area contributed by atoms with Crippen LogP contribution in [0.15, 0.2) is 89.3 Å². The van der Waals surface area contributed by atoms with E-state index in [4.69, 9.17) is 4.42 Å². The van der Waals surface area contributed by atoms with E-state index in [0.717, 1.165) is 16.7 Å². The summed E-state index contributed by atoms with van der Waals surface area (Å²) in [6.45, 7) is 6.57. The molecule has 152 valence electrons. The molecule has 2 heterocycles. The molecule has 1 aliphatic rings. The van der Waals surface area contributed by atoms with Gasteiger partial charge in [0.2, 0.25) is 0 Å². The first-order chi connectivity index (χ1) is 15.1. The summed E-state index contributed by atoms with van der Waals surface area (Å²) in [6, 6.07) is 30.0. The van der Waals surface area contributed by atoms with Gasteiger partial charge in [-0.2, -0.15) is 0 Å². The number of rotatable bonds is 2. The Hall–Kier alpha value is -3.72. The molecule has 31 heavy (non-hydrogen) atoms. The third-order valence-corrected chi connectivity index (χ3v) is 6.47. The molecule has 6 rings (SSSR count). The Morgan fingerprint density at radius 2 is 1.42 bits per heavy atom. The molecule has 0 unspecified atom stereocenters. The molecule has 0 radical (unpaired) electrons. The summed E-state index contributed by atoms with van der Waals surface area (Å²) in [7, 11) is 0. The van der Waals surface area contributed by atoms with Gasteiger partial charge in [0.05, 0.1) is 16.8 Å². The maximum Gasteiger partial charge on any atom is 0.138 e. The lowest BCUT2D eigenvalue weighted by molar-refractivity contribution is 0.666. The van der Waals surface area contributed by atoms with E-state index < -0.39 is 0 Å². The van der Waals surface area contributed by atoms with Crippen LogP contribution in [0.1, 0.15) is 18.1 Å². The molecule has 0 aliphatic carbocycles. The van der Waals surface area contributed by atoms with Crippen molar-refractivity contribution in [3.05, 3.63) is 96.1 Å². The maximum atomic E-state index is 6.35. The van der Waals surface area contributed by atoms with Gasteiger partial charge in [-0.3, -0.25) is 0 Å². The fraction of sp³-hybridized carbons (Fsp3) is 0.143. The lowest BCUT2D eigenvalue weighted by Gasteiger charge is -2.31. The molecule has 0 amide bonds. The Morgan fingerprint density at radius 1 is 0.677 bits per heavy atom. The minimum absolute atomic E-state index is 0.124. The molecule has 0 N–H and O–H groups in total. The Bertz CT molecular complexity index is 1430. The van der Waals surface area contributed by atoms with E-state index in [0.29, 0.717) is 0 Å². The minimum atomic E-state index is 0.124. The van der Waals surface area contributed by atoms with Gasteiger partial charge >= 0.3 is 0 Å². The minimum Gasteiger partial charge on any atom is -0.456 e. The number of hydrogen-bond acceptors (Lipinski definition) is 3. The van der Waals surface area contributed by atoms with Crippen LogP contribution in [-0.2, 0) is 0 Å². The van der Waals surface area contributed by atoms with E-state index in [1.807, 2.05) is 0 Å². The summed E-state index contributed by atoms with van der Waals surface area (Å²) in [5.41, 5.74) is 9.17. The molecule has 0 saturated heterocycles. The molecule has 0 spiro atoms. The van der Waals surface area contributed by atoms with Crippen LogP contribution in [-0.4, -0.2) is 6.17 Å². The number of aryl methyl sites for hydroxylation is 2. The van der Waals surface area contributed by atoms with E-state index in [9.17, 15) is 0 Å². The van der Waals surface area contributed by atoms with Gasteiger partial charge in [0.15, 0.2) is 0 Å². The molecule has 0 saturated carbocycles. The molecule has 0 fully saturated rings. The average Bonchev–Trinajstić information content (AvgIpc) is 3.30. The molecule has 1 aromatic heterocycles. The Kier molecular flexibility index (Phi) is 3.87. The number of furan rings is 1. The molecule has 1 aliphatic heterocycles. The summed E-state index contributed by atoms with van der Waals surface area (Å²) >= 11 is 0. The fourth-order valence-electron chi connectivity index (χ4n) is 5.04. The highest BCUT2D eigenvalue weighted by Gasteiger charge is 2.37. The van der Waals surface area contributed by atoms with Crippen molar-refractivity contribution >= 4 is 44.7 Å². The number of hydrogen-bond donors (Lipinski definition) is 0. The first-order valence-electron chi connectivity index (χ1n) is 10.8. The Balaban J connectivity index is 1.72. The van der Waals surface area contributed by atoms with Crippen LogP contribution in [0.2, 0.25) is 0 Å². The van der Waals surface area contributed by atoms with Gasteiger partial charge in [-0.25, -0.2) is 0 Å². The topological polar surface area (TPSA) is 19.6 Å². The van der Waals surface area contributed by atoms with Crippen molar-refractivity contribution in [1.82, 2.24) is 0 Å². The van der Waals surface area contributed by atoms with Crippen molar-refractivity contribution < 1.29 is 4.42 Å². The first kappa shape index (κ1) is 18.1. The summed E-state index contributed by atoms with van der Waals surface area (Å²) in [4.78, 5) is 4.90. The average molecular weight is 405 g/mol. The lowest BCUT2D eigenvalue weighted by atomic mass is 10.1. The summed E-state index contributed by atoms with van der Waals surface area (Å²) in [5, 5.41) is 2.36. The normalized spacial score (nSPS) is 15.8. The SMILES string of the molecule is Cc1ccccc1N1c2ccc3oc4c(C)cccc4c3c2N(c2ccccc2)[C@@H]1C. The summed E-state index contributed by atoms with van der Waals surface area (Å²) in [5.74, 6) is 0. The number of anilines is 4. The van der Waals surface area contributed by atoms with E-state index in [-0.39, 0.29) is 6.17 Å². The molecular weight excluding hydrogens is 380 g/mol. The molecule has 3 nitrogen and oxygen atoms in total. The fourth-order valence-corrected chi connectivity index (χ4v) is 5.04. The van der Waals surface area contributed by atoms with Gasteiger partial charge in [-0.05, 0) is 62.2 Å². The van der Waals surface area contributed by atoms with Crippen LogP contribution in [0.25, 0.3) is 21.9 Å². The highest BCUT2D eigenvalue weighted by atomic mass is 16.3. The van der Waals surface area contributed by atoms with Gasteiger partial charge in [0, 0.05) is 16.8 Å². The van der Waals surface area contributed by atoms with Gasteiger partial charge < -0.3 is 14.2 Å². The molecule has 0 bridgehead atoms. The monoisotopic (exact) mass is 404 g/mol. The number of para-hydroxylation sites is 3. The Morgan fingerprint density at radius 3 is 2.23 bits per heavy atom. The number of nitrogens with zero attached hydrogens (tertiary/aromatic N) is 2. The molecule has 1 atom stereocenters. The van der Waals surface area contributed by atoms with Crippen LogP contribution in [0.5, 0.6) is 0 Å². The van der Waals surface area contributed by atoms with E-state index in [1.54, 1.807) is 0 Å². The second-order valence-corrected chi connectivity index (χ2v) is 8.35. The lowest BCUT2D eigenvalue weighted by Crippen LogP contribution is -2.35. The van der Waals surface area contributed by atoms with Crippen molar-refractivity contribution in [2.24, 2.45) is 0 Å². The number of benzene rings is 4. The second kappa shape index (κ2) is 6.64. The molecule has 4 aromatic carbocycles. The summed E-state index contributed by atoms with van der Waals surface area (Å²) in [6.07, 6.45) is 0.124. The van der Waals surface area contributed by atoms with Crippen LogP contribution < -0.4 is 9.80 Å². The van der Waals surface area contributed by atoms with Crippen molar-refractivity contribution in [3.8, 4) is 0 Å². The molecule has 3 heteroatoms. The van der Waals surface area contributed by atoms with Crippen molar-refractivity contribution in [1.29, 1.82) is 0 Å². The van der Waals surface area contributed by atoms with Crippen LogP contribution in [0.3, 0.4) is 0 Å². The first-order valence-corrected chi connectivity index (χ1v) is 10.8. The third kappa shape index (κ3) is 2.53. The van der Waals surface area contributed by atoms with Crippen molar-refractivity contribution in [3.63, 3.8) is 0 Å². The Labute approximate surface area is 182 Å². The van der Waals surface area contributed by atoms with Crippen molar-refractivity contribution in [2.45, 2.75) is 26.9 Å². The maximum absolute atomic E-state index is 6.35. The molecule has 5 aromatic rings. The largest absolute Gasteiger partial charge is 0.456 e.